The number of carboxylic acid groups (broad SMARTS) is 1. The molecule has 2 atom stereocenters. The van der Waals surface area contributed by atoms with Gasteiger partial charge in [-0.15, -0.1) is 0 Å². The molecule has 1 rings (SSSR count). The van der Waals surface area contributed by atoms with Crippen LogP contribution in [0.3, 0.4) is 0 Å². The molecule has 0 radical (unpaired) electrons. The number of hydrogen-bond donors (Lipinski definition) is 2. The van der Waals surface area contributed by atoms with Crippen LogP contribution in [0.4, 0.5) is 4.39 Å². The van der Waals surface area contributed by atoms with Crippen molar-refractivity contribution in [1.82, 2.24) is 5.32 Å². The number of amides is 1. The van der Waals surface area contributed by atoms with E-state index in [1.807, 2.05) is 0 Å². The van der Waals surface area contributed by atoms with Gasteiger partial charge in [0.1, 0.15) is 0 Å². The van der Waals surface area contributed by atoms with E-state index in [1.54, 1.807) is 0 Å². The van der Waals surface area contributed by atoms with Crippen molar-refractivity contribution in [3.05, 3.63) is 0 Å². The Morgan fingerprint density at radius 1 is 1.62 bits per heavy atom. The normalized spacial score (nSPS) is 32.9. The molecule has 1 saturated carbocycles. The van der Waals surface area contributed by atoms with E-state index in [1.165, 1.54) is 6.92 Å². The second-order valence-corrected chi connectivity index (χ2v) is 3.41. The van der Waals surface area contributed by atoms with E-state index in [4.69, 9.17) is 5.11 Å². The van der Waals surface area contributed by atoms with Crippen molar-refractivity contribution < 1.29 is 19.1 Å². The first-order valence-corrected chi connectivity index (χ1v) is 4.13. The lowest BCUT2D eigenvalue weighted by Gasteiger charge is -2.14. The van der Waals surface area contributed by atoms with E-state index in [2.05, 4.69) is 5.32 Å². The van der Waals surface area contributed by atoms with Crippen LogP contribution >= 0.6 is 0 Å². The fourth-order valence-corrected chi connectivity index (χ4v) is 1.60. The first kappa shape index (κ1) is 9.95. The van der Waals surface area contributed by atoms with Gasteiger partial charge in [0.2, 0.25) is 11.6 Å². The SMILES string of the molecule is CC(=O)NC1CCC(F)(C(=O)O)C1. The summed E-state index contributed by atoms with van der Waals surface area (Å²) in [7, 11) is 0. The molecule has 5 heteroatoms. The minimum atomic E-state index is -2.15. The average Bonchev–Trinajstić information content (AvgIpc) is 2.32. The highest BCUT2D eigenvalue weighted by molar-refractivity contribution is 5.78. The molecule has 4 nitrogen and oxygen atoms in total. The Hall–Kier alpha value is -1.13. The van der Waals surface area contributed by atoms with Gasteiger partial charge in [-0.05, 0) is 12.8 Å². The van der Waals surface area contributed by atoms with Crippen LogP contribution in [-0.2, 0) is 9.59 Å². The molecule has 2 N–H and O–H groups in total. The number of alkyl halides is 1. The number of carbonyl (C=O) groups is 2. The summed E-state index contributed by atoms with van der Waals surface area (Å²) >= 11 is 0. The summed E-state index contributed by atoms with van der Waals surface area (Å²) in [5.41, 5.74) is -2.15. The number of carbonyl (C=O) groups excluding carboxylic acids is 1. The van der Waals surface area contributed by atoms with E-state index < -0.39 is 11.6 Å². The van der Waals surface area contributed by atoms with Gasteiger partial charge < -0.3 is 10.4 Å². The molecule has 0 aromatic heterocycles. The van der Waals surface area contributed by atoms with Gasteiger partial charge in [-0.1, -0.05) is 0 Å². The highest BCUT2D eigenvalue weighted by atomic mass is 19.1. The fourth-order valence-electron chi connectivity index (χ4n) is 1.60. The maximum absolute atomic E-state index is 13.4. The summed E-state index contributed by atoms with van der Waals surface area (Å²) < 4.78 is 13.4. The summed E-state index contributed by atoms with van der Waals surface area (Å²) in [6.07, 6.45) is 0.248. The number of carboxylic acids is 1. The summed E-state index contributed by atoms with van der Waals surface area (Å²) in [5.74, 6) is -1.68. The van der Waals surface area contributed by atoms with Crippen LogP contribution in [-0.4, -0.2) is 28.7 Å². The van der Waals surface area contributed by atoms with Gasteiger partial charge in [0.25, 0.3) is 0 Å². The molecule has 1 aliphatic carbocycles. The maximum atomic E-state index is 13.4. The minimum Gasteiger partial charge on any atom is -0.479 e. The molecule has 1 aliphatic rings. The minimum absolute atomic E-state index is 0.0206. The Bertz CT molecular complexity index is 244. The number of aliphatic carboxylic acids is 1. The molecule has 0 bridgehead atoms. The van der Waals surface area contributed by atoms with Gasteiger partial charge in [0, 0.05) is 19.4 Å². The summed E-state index contributed by atoms with van der Waals surface area (Å²) in [6.45, 7) is 1.33. The van der Waals surface area contributed by atoms with Crippen LogP contribution in [0.15, 0.2) is 0 Å². The topological polar surface area (TPSA) is 66.4 Å². The fraction of sp³-hybridized carbons (Fsp3) is 0.750. The third kappa shape index (κ3) is 2.17. The predicted octanol–water partition coefficient (Wildman–Crippen LogP) is 0.468. The quantitative estimate of drug-likeness (QED) is 0.663. The monoisotopic (exact) mass is 189 g/mol. The van der Waals surface area contributed by atoms with E-state index >= 15 is 0 Å². The number of rotatable bonds is 2. The molecule has 0 heterocycles. The van der Waals surface area contributed by atoms with E-state index in [0.29, 0.717) is 6.42 Å². The van der Waals surface area contributed by atoms with E-state index in [-0.39, 0.29) is 24.8 Å². The largest absolute Gasteiger partial charge is 0.479 e. The molecule has 0 spiro atoms. The summed E-state index contributed by atoms with van der Waals surface area (Å²) in [5, 5.41) is 11.0. The van der Waals surface area contributed by atoms with Crippen molar-refractivity contribution in [2.24, 2.45) is 0 Å². The molecular weight excluding hydrogens is 177 g/mol. The third-order valence-electron chi connectivity index (χ3n) is 2.25. The molecule has 74 valence electrons. The van der Waals surface area contributed by atoms with Crippen molar-refractivity contribution in [3.63, 3.8) is 0 Å². The highest BCUT2D eigenvalue weighted by Gasteiger charge is 2.46. The third-order valence-corrected chi connectivity index (χ3v) is 2.25. The molecule has 0 saturated heterocycles. The number of hydrogen-bond acceptors (Lipinski definition) is 2. The summed E-state index contributed by atoms with van der Waals surface area (Å²) in [4.78, 5) is 21.1. The Balaban J connectivity index is 2.53. The second-order valence-electron chi connectivity index (χ2n) is 3.41. The first-order chi connectivity index (χ1) is 5.94. The van der Waals surface area contributed by atoms with Crippen molar-refractivity contribution >= 4 is 11.9 Å². The maximum Gasteiger partial charge on any atom is 0.341 e. The summed E-state index contributed by atoms with van der Waals surface area (Å²) in [6, 6.07) is -0.335. The predicted molar refractivity (Wildman–Crippen MR) is 42.9 cm³/mol. The average molecular weight is 189 g/mol. The van der Waals surface area contributed by atoms with E-state index in [0.717, 1.165) is 0 Å². The Morgan fingerprint density at radius 3 is 2.62 bits per heavy atom. The molecule has 1 fully saturated rings. The number of nitrogens with one attached hydrogen (secondary N) is 1. The van der Waals surface area contributed by atoms with Crippen LogP contribution in [0.25, 0.3) is 0 Å². The van der Waals surface area contributed by atoms with Gasteiger partial charge in [0.15, 0.2) is 0 Å². The van der Waals surface area contributed by atoms with Crippen LogP contribution < -0.4 is 5.32 Å². The lowest BCUT2D eigenvalue weighted by molar-refractivity contribution is -0.150. The molecule has 0 aromatic carbocycles. The molecule has 0 aromatic rings. The van der Waals surface area contributed by atoms with Crippen molar-refractivity contribution in [1.29, 1.82) is 0 Å². The molecular formula is C8H12FNO3. The Labute approximate surface area is 75.1 Å². The zero-order chi connectivity index (χ0) is 10.1. The Morgan fingerprint density at radius 2 is 2.23 bits per heavy atom. The smallest absolute Gasteiger partial charge is 0.341 e. The van der Waals surface area contributed by atoms with Crippen LogP contribution in [0.5, 0.6) is 0 Å². The van der Waals surface area contributed by atoms with Crippen LogP contribution in [0.2, 0.25) is 0 Å². The van der Waals surface area contributed by atoms with Gasteiger partial charge in [-0.3, -0.25) is 4.79 Å². The zero-order valence-electron chi connectivity index (χ0n) is 7.34. The van der Waals surface area contributed by atoms with Crippen LogP contribution in [0, 0.1) is 0 Å². The van der Waals surface area contributed by atoms with Crippen molar-refractivity contribution in [2.75, 3.05) is 0 Å². The molecule has 1 amide bonds. The Kier molecular flexibility index (Phi) is 2.54. The number of halogens is 1. The molecule has 13 heavy (non-hydrogen) atoms. The molecule has 2 unspecified atom stereocenters. The van der Waals surface area contributed by atoms with Gasteiger partial charge in [-0.25, -0.2) is 9.18 Å². The second kappa shape index (κ2) is 3.32. The molecule has 0 aliphatic heterocycles. The lowest BCUT2D eigenvalue weighted by Crippen LogP contribution is -2.36. The zero-order valence-corrected chi connectivity index (χ0v) is 7.34. The van der Waals surface area contributed by atoms with Crippen LogP contribution in [0.1, 0.15) is 26.2 Å². The van der Waals surface area contributed by atoms with E-state index in [9.17, 15) is 14.0 Å². The highest BCUT2D eigenvalue weighted by Crippen LogP contribution is 2.33. The first-order valence-electron chi connectivity index (χ1n) is 4.13. The van der Waals surface area contributed by atoms with Crippen molar-refractivity contribution in [2.45, 2.75) is 37.9 Å². The van der Waals surface area contributed by atoms with Crippen molar-refractivity contribution in [3.8, 4) is 0 Å². The lowest BCUT2D eigenvalue weighted by atomic mass is 10.1. The van der Waals surface area contributed by atoms with Gasteiger partial charge in [0.05, 0.1) is 0 Å². The van der Waals surface area contributed by atoms with Gasteiger partial charge >= 0.3 is 5.97 Å². The standard InChI is InChI=1S/C8H12FNO3/c1-5(11)10-6-2-3-8(9,4-6)7(12)13/h6H,2-4H2,1H3,(H,10,11)(H,12,13). The van der Waals surface area contributed by atoms with Gasteiger partial charge in [-0.2, -0.15) is 0 Å².